The maximum atomic E-state index is 3.24. The lowest BCUT2D eigenvalue weighted by Gasteiger charge is -2.30. The average Bonchev–Trinajstić information content (AvgIpc) is 1.89. The van der Waals surface area contributed by atoms with E-state index >= 15 is 0 Å². The smallest absolute Gasteiger partial charge is 0.000524 e. The first-order valence-electron chi connectivity index (χ1n) is 4.06. The number of hydrogen-bond acceptors (Lipinski definition) is 1. The van der Waals surface area contributed by atoms with Gasteiger partial charge in [0.1, 0.15) is 0 Å². The molecule has 0 heterocycles. The quantitative estimate of drug-likeness (QED) is 0.577. The summed E-state index contributed by atoms with van der Waals surface area (Å²) < 4.78 is 0. The summed E-state index contributed by atoms with van der Waals surface area (Å²) >= 11 is 0. The summed E-state index contributed by atoms with van der Waals surface area (Å²) in [6.07, 6.45) is 8.44. The highest BCUT2D eigenvalue weighted by Crippen LogP contribution is 2.30. The van der Waals surface area contributed by atoms with Gasteiger partial charge in [-0.3, -0.25) is 0 Å². The Kier molecular flexibility index (Phi) is 2.50. The van der Waals surface area contributed by atoms with Gasteiger partial charge in [-0.05, 0) is 31.7 Å². The third-order valence-corrected chi connectivity index (χ3v) is 2.30. The molecule has 0 aromatic rings. The molecule has 0 saturated heterocycles. The van der Waals surface area contributed by atoms with Crippen LogP contribution in [0.25, 0.3) is 0 Å². The van der Waals surface area contributed by atoms with Crippen molar-refractivity contribution < 1.29 is 0 Å². The van der Waals surface area contributed by atoms with Crippen molar-refractivity contribution >= 4 is 0 Å². The van der Waals surface area contributed by atoms with Crippen LogP contribution in [0.2, 0.25) is 0 Å². The Labute approximate surface area is 63.5 Å². The van der Waals surface area contributed by atoms with Crippen molar-refractivity contribution in [3.05, 3.63) is 12.2 Å². The lowest BCUT2D eigenvalue weighted by atomic mass is 9.79. The van der Waals surface area contributed by atoms with E-state index in [0.29, 0.717) is 5.41 Å². The third-order valence-electron chi connectivity index (χ3n) is 2.30. The second-order valence-electron chi connectivity index (χ2n) is 3.56. The Morgan fingerprint density at radius 2 is 2.30 bits per heavy atom. The summed E-state index contributed by atoms with van der Waals surface area (Å²) in [5.74, 6) is 0. The summed E-state index contributed by atoms with van der Waals surface area (Å²) in [4.78, 5) is 0. The molecule has 1 nitrogen and oxygen atoms in total. The summed E-state index contributed by atoms with van der Waals surface area (Å²) in [6, 6.07) is 0. The fourth-order valence-electron chi connectivity index (χ4n) is 1.61. The molecular weight excluding hydrogens is 122 g/mol. The van der Waals surface area contributed by atoms with E-state index in [1.165, 1.54) is 19.3 Å². The van der Waals surface area contributed by atoms with E-state index in [9.17, 15) is 0 Å². The van der Waals surface area contributed by atoms with Gasteiger partial charge in [0.05, 0.1) is 0 Å². The minimum Gasteiger partial charge on any atom is -0.319 e. The predicted molar refractivity (Wildman–Crippen MR) is 45.0 cm³/mol. The molecule has 0 aromatic heterocycles. The van der Waals surface area contributed by atoms with E-state index in [1.54, 1.807) is 0 Å². The highest BCUT2D eigenvalue weighted by molar-refractivity contribution is 4.96. The molecule has 1 rings (SSSR count). The van der Waals surface area contributed by atoms with Gasteiger partial charge >= 0.3 is 0 Å². The maximum absolute atomic E-state index is 3.24. The minimum absolute atomic E-state index is 0.531. The van der Waals surface area contributed by atoms with Gasteiger partial charge in [-0.15, -0.1) is 0 Å². The van der Waals surface area contributed by atoms with Crippen LogP contribution in [0.5, 0.6) is 0 Å². The first-order valence-corrected chi connectivity index (χ1v) is 4.06. The van der Waals surface area contributed by atoms with Crippen LogP contribution in [0.15, 0.2) is 12.2 Å². The largest absolute Gasteiger partial charge is 0.319 e. The second-order valence-corrected chi connectivity index (χ2v) is 3.56. The van der Waals surface area contributed by atoms with Gasteiger partial charge in [-0.2, -0.15) is 0 Å². The van der Waals surface area contributed by atoms with Gasteiger partial charge in [0.15, 0.2) is 0 Å². The summed E-state index contributed by atoms with van der Waals surface area (Å²) in [5.41, 5.74) is 0.531. The Bertz CT molecular complexity index is 129. The molecule has 0 aromatic carbocycles. The molecule has 1 atom stereocenters. The first-order chi connectivity index (χ1) is 4.77. The lowest BCUT2D eigenvalue weighted by Crippen LogP contribution is -2.30. The van der Waals surface area contributed by atoms with Gasteiger partial charge in [-0.25, -0.2) is 0 Å². The van der Waals surface area contributed by atoms with Gasteiger partial charge in [-0.1, -0.05) is 19.1 Å². The average molecular weight is 139 g/mol. The normalized spacial score (nSPS) is 32.6. The lowest BCUT2D eigenvalue weighted by molar-refractivity contribution is 0.284. The zero-order valence-electron chi connectivity index (χ0n) is 6.98. The van der Waals surface area contributed by atoms with Crippen molar-refractivity contribution in [2.45, 2.75) is 26.2 Å². The van der Waals surface area contributed by atoms with E-state index in [2.05, 4.69) is 24.4 Å². The molecule has 1 N–H and O–H groups in total. The zero-order valence-corrected chi connectivity index (χ0v) is 6.98. The van der Waals surface area contributed by atoms with Crippen LogP contribution < -0.4 is 5.32 Å². The zero-order chi connectivity index (χ0) is 7.45. The maximum Gasteiger partial charge on any atom is 0.000524 e. The van der Waals surface area contributed by atoms with Crippen molar-refractivity contribution in [1.82, 2.24) is 5.32 Å². The molecule has 0 amide bonds. The van der Waals surface area contributed by atoms with Crippen LogP contribution in [0.3, 0.4) is 0 Å². The molecule has 1 aliphatic rings. The van der Waals surface area contributed by atoms with Crippen LogP contribution >= 0.6 is 0 Å². The fraction of sp³-hybridized carbons (Fsp3) is 0.778. The number of allylic oxidation sites excluding steroid dienone is 2. The molecule has 1 aliphatic carbocycles. The molecule has 0 fully saturated rings. The number of rotatable bonds is 2. The van der Waals surface area contributed by atoms with Crippen LogP contribution in [0.1, 0.15) is 26.2 Å². The van der Waals surface area contributed by atoms with E-state index in [1.807, 2.05) is 7.05 Å². The van der Waals surface area contributed by atoms with Crippen LogP contribution in [0, 0.1) is 5.41 Å². The highest BCUT2D eigenvalue weighted by Gasteiger charge is 2.22. The van der Waals surface area contributed by atoms with Gasteiger partial charge in [0, 0.05) is 6.54 Å². The van der Waals surface area contributed by atoms with Crippen LogP contribution in [-0.4, -0.2) is 13.6 Å². The van der Waals surface area contributed by atoms with E-state index < -0.39 is 0 Å². The van der Waals surface area contributed by atoms with E-state index in [0.717, 1.165) is 6.54 Å². The molecule has 0 bridgehead atoms. The fourth-order valence-corrected chi connectivity index (χ4v) is 1.61. The molecule has 0 spiro atoms. The van der Waals surface area contributed by atoms with Crippen LogP contribution in [0.4, 0.5) is 0 Å². The van der Waals surface area contributed by atoms with Crippen LogP contribution in [-0.2, 0) is 0 Å². The van der Waals surface area contributed by atoms with Gasteiger partial charge in [0.25, 0.3) is 0 Å². The SMILES string of the molecule is CNCC1(C)CC=CCC1. The Morgan fingerprint density at radius 1 is 1.50 bits per heavy atom. The summed E-state index contributed by atoms with van der Waals surface area (Å²) in [7, 11) is 2.03. The standard InChI is InChI=1S/C9H17N/c1-9(8-10-2)6-4-3-5-7-9/h3-4,10H,5-8H2,1-2H3. The topological polar surface area (TPSA) is 12.0 Å². The van der Waals surface area contributed by atoms with Crippen molar-refractivity contribution in [3.8, 4) is 0 Å². The molecule has 0 saturated carbocycles. The van der Waals surface area contributed by atoms with Crippen molar-refractivity contribution in [2.24, 2.45) is 5.41 Å². The predicted octanol–water partition coefficient (Wildman–Crippen LogP) is 1.95. The number of nitrogens with one attached hydrogen (secondary N) is 1. The number of hydrogen-bond donors (Lipinski definition) is 1. The molecule has 0 radical (unpaired) electrons. The van der Waals surface area contributed by atoms with Gasteiger partial charge < -0.3 is 5.32 Å². The minimum atomic E-state index is 0.531. The highest BCUT2D eigenvalue weighted by atomic mass is 14.8. The Hall–Kier alpha value is -0.300. The molecule has 0 aliphatic heterocycles. The van der Waals surface area contributed by atoms with Gasteiger partial charge in [0.2, 0.25) is 0 Å². The molecule has 1 heteroatoms. The second kappa shape index (κ2) is 3.20. The first kappa shape index (κ1) is 7.80. The van der Waals surface area contributed by atoms with Crippen molar-refractivity contribution in [1.29, 1.82) is 0 Å². The molecule has 1 unspecified atom stereocenters. The van der Waals surface area contributed by atoms with E-state index in [-0.39, 0.29) is 0 Å². The monoisotopic (exact) mass is 139 g/mol. The van der Waals surface area contributed by atoms with E-state index in [4.69, 9.17) is 0 Å². The Balaban J connectivity index is 2.43. The summed E-state index contributed by atoms with van der Waals surface area (Å²) in [6.45, 7) is 3.50. The molecule has 10 heavy (non-hydrogen) atoms. The molecule has 58 valence electrons. The Morgan fingerprint density at radius 3 is 2.80 bits per heavy atom. The van der Waals surface area contributed by atoms with Crippen molar-refractivity contribution in [3.63, 3.8) is 0 Å². The molecular formula is C9H17N. The summed E-state index contributed by atoms with van der Waals surface area (Å²) in [5, 5.41) is 3.24. The third kappa shape index (κ3) is 1.84. The van der Waals surface area contributed by atoms with Crippen molar-refractivity contribution in [2.75, 3.05) is 13.6 Å².